The number of hydrogen-bond donors (Lipinski definition) is 2. The molecule has 136 valence electrons. The van der Waals surface area contributed by atoms with Gasteiger partial charge in [0.05, 0.1) is 18.0 Å². The first kappa shape index (κ1) is 18.3. The van der Waals surface area contributed by atoms with Crippen LogP contribution in [0.1, 0.15) is 15.9 Å². The summed E-state index contributed by atoms with van der Waals surface area (Å²) in [6.07, 6.45) is 2.82. The maximum Gasteiger partial charge on any atom is 0.343 e. The minimum atomic E-state index is -0.588. The highest BCUT2D eigenvalue weighted by atomic mass is 35.5. The van der Waals surface area contributed by atoms with E-state index in [1.807, 2.05) is 0 Å². The van der Waals surface area contributed by atoms with Crippen LogP contribution < -0.4 is 15.7 Å². The van der Waals surface area contributed by atoms with Crippen LogP contribution in [0, 0.1) is 5.82 Å². The van der Waals surface area contributed by atoms with Gasteiger partial charge in [0.2, 0.25) is 0 Å². The summed E-state index contributed by atoms with van der Waals surface area (Å²) in [6, 6.07) is 11.6. The number of benzene rings is 2. The summed E-state index contributed by atoms with van der Waals surface area (Å²) < 4.78 is 18.1. The predicted octanol–water partition coefficient (Wildman–Crippen LogP) is 3.23. The Morgan fingerprint density at radius 1 is 1.19 bits per heavy atom. The zero-order chi connectivity index (χ0) is 19.2. The number of aromatic amines is 1. The van der Waals surface area contributed by atoms with Crippen molar-refractivity contribution in [1.29, 1.82) is 0 Å². The fourth-order valence-electron chi connectivity index (χ4n) is 2.01. The third-order valence-corrected chi connectivity index (χ3v) is 3.74. The molecule has 0 atom stereocenters. The molecule has 3 aromatic rings. The second-order valence-corrected chi connectivity index (χ2v) is 5.64. The van der Waals surface area contributed by atoms with Gasteiger partial charge in [-0.1, -0.05) is 11.6 Å². The molecular formula is C18H12ClFN4O3. The van der Waals surface area contributed by atoms with E-state index in [2.05, 4.69) is 20.7 Å². The van der Waals surface area contributed by atoms with E-state index in [9.17, 15) is 14.0 Å². The number of nitrogens with one attached hydrogen (secondary N) is 2. The molecule has 0 aliphatic rings. The lowest BCUT2D eigenvalue weighted by atomic mass is 10.2. The van der Waals surface area contributed by atoms with Gasteiger partial charge in [0.1, 0.15) is 22.3 Å². The van der Waals surface area contributed by atoms with Crippen LogP contribution >= 0.6 is 11.6 Å². The minimum absolute atomic E-state index is 0.0507. The Morgan fingerprint density at radius 2 is 1.89 bits per heavy atom. The Balaban J connectivity index is 1.61. The van der Waals surface area contributed by atoms with Gasteiger partial charge >= 0.3 is 5.97 Å². The van der Waals surface area contributed by atoms with Crippen molar-refractivity contribution in [2.45, 2.75) is 0 Å². The third kappa shape index (κ3) is 4.77. The Labute approximate surface area is 157 Å². The lowest BCUT2D eigenvalue weighted by molar-refractivity contribution is 0.0734. The summed E-state index contributed by atoms with van der Waals surface area (Å²) in [4.78, 5) is 23.3. The first-order valence-corrected chi connectivity index (χ1v) is 8.01. The number of anilines is 1. The van der Waals surface area contributed by atoms with Gasteiger partial charge in [0, 0.05) is 0 Å². The monoisotopic (exact) mass is 386 g/mol. The standard InChI is InChI=1S/C18H12ClFN4O3/c19-16-15(10-22-24-17(16)25)23-21-9-11-1-7-14(8-2-11)27-18(26)12-3-5-13(20)6-4-12/h1-10H,(H2,23,24,25)/b21-9+. The molecule has 0 aliphatic heterocycles. The molecule has 9 heteroatoms. The summed E-state index contributed by atoms with van der Waals surface area (Å²) in [5.41, 5.74) is 3.31. The van der Waals surface area contributed by atoms with Gasteiger partial charge in [-0.3, -0.25) is 10.2 Å². The number of halogens is 2. The molecule has 0 saturated heterocycles. The fraction of sp³-hybridized carbons (Fsp3) is 0. The second kappa shape index (κ2) is 8.24. The molecule has 2 N–H and O–H groups in total. The molecule has 3 rings (SSSR count). The average Bonchev–Trinajstić information content (AvgIpc) is 2.67. The number of hydrazone groups is 1. The number of hydrogen-bond acceptors (Lipinski definition) is 6. The molecule has 2 aromatic carbocycles. The molecule has 0 amide bonds. The van der Waals surface area contributed by atoms with Crippen LogP contribution in [0.2, 0.25) is 5.02 Å². The number of carbonyl (C=O) groups is 1. The average molecular weight is 387 g/mol. The predicted molar refractivity (Wildman–Crippen MR) is 98.9 cm³/mol. The van der Waals surface area contributed by atoms with Crippen LogP contribution in [0.25, 0.3) is 0 Å². The summed E-state index contributed by atoms with van der Waals surface area (Å²) in [5.74, 6) is -0.688. The van der Waals surface area contributed by atoms with Gasteiger partial charge in [-0.25, -0.2) is 14.3 Å². The topological polar surface area (TPSA) is 96.4 Å². The fourth-order valence-corrected chi connectivity index (χ4v) is 2.14. The largest absolute Gasteiger partial charge is 0.423 e. The number of H-pyrrole nitrogens is 1. The molecule has 0 bridgehead atoms. The van der Waals surface area contributed by atoms with Gasteiger partial charge in [-0.05, 0) is 54.1 Å². The summed E-state index contributed by atoms with van der Waals surface area (Å²) >= 11 is 5.81. The Bertz CT molecular complexity index is 1030. The van der Waals surface area contributed by atoms with Crippen molar-refractivity contribution in [3.8, 4) is 5.75 Å². The zero-order valence-corrected chi connectivity index (χ0v) is 14.4. The lowest BCUT2D eigenvalue weighted by Crippen LogP contribution is -2.10. The van der Waals surface area contributed by atoms with Crippen LogP contribution in [0.5, 0.6) is 5.75 Å². The Hall–Kier alpha value is -3.52. The molecule has 1 aromatic heterocycles. The Kier molecular flexibility index (Phi) is 5.58. The van der Waals surface area contributed by atoms with Crippen LogP contribution in [-0.2, 0) is 0 Å². The molecule has 0 fully saturated rings. The third-order valence-electron chi connectivity index (χ3n) is 3.36. The summed E-state index contributed by atoms with van der Waals surface area (Å²) in [6.45, 7) is 0. The van der Waals surface area contributed by atoms with Crippen molar-refractivity contribution in [3.05, 3.63) is 87.0 Å². The summed E-state index contributed by atoms with van der Waals surface area (Å²) in [7, 11) is 0. The van der Waals surface area contributed by atoms with Gasteiger partial charge < -0.3 is 4.74 Å². The van der Waals surface area contributed by atoms with Crippen LogP contribution in [-0.4, -0.2) is 22.4 Å². The maximum absolute atomic E-state index is 12.9. The minimum Gasteiger partial charge on any atom is -0.423 e. The van der Waals surface area contributed by atoms with Crippen molar-refractivity contribution in [1.82, 2.24) is 10.2 Å². The first-order chi connectivity index (χ1) is 13.0. The van der Waals surface area contributed by atoms with E-state index in [0.29, 0.717) is 11.3 Å². The number of aromatic nitrogens is 2. The zero-order valence-electron chi connectivity index (χ0n) is 13.6. The molecule has 27 heavy (non-hydrogen) atoms. The van der Waals surface area contributed by atoms with Gasteiger partial charge in [0.15, 0.2) is 0 Å². The normalized spacial score (nSPS) is 10.7. The highest BCUT2D eigenvalue weighted by Gasteiger charge is 2.08. The van der Waals surface area contributed by atoms with Crippen LogP contribution in [0.15, 0.2) is 64.6 Å². The Morgan fingerprint density at radius 3 is 2.59 bits per heavy atom. The molecule has 0 aliphatic carbocycles. The van der Waals surface area contributed by atoms with Crippen molar-refractivity contribution in [3.63, 3.8) is 0 Å². The number of ether oxygens (including phenoxy) is 1. The molecule has 0 saturated carbocycles. The van der Waals surface area contributed by atoms with E-state index in [1.54, 1.807) is 24.3 Å². The van der Waals surface area contributed by atoms with E-state index in [0.717, 1.165) is 0 Å². The van der Waals surface area contributed by atoms with Crippen molar-refractivity contribution in [2.75, 3.05) is 5.43 Å². The number of esters is 1. The highest BCUT2D eigenvalue weighted by Crippen LogP contribution is 2.15. The molecule has 0 spiro atoms. The molecule has 0 radical (unpaired) electrons. The van der Waals surface area contributed by atoms with Gasteiger partial charge in [-0.15, -0.1) is 0 Å². The quantitative estimate of drug-likeness (QED) is 0.304. The molecule has 1 heterocycles. The van der Waals surface area contributed by atoms with Crippen LogP contribution in [0.4, 0.5) is 10.1 Å². The van der Waals surface area contributed by atoms with E-state index < -0.39 is 17.3 Å². The second-order valence-electron chi connectivity index (χ2n) is 5.26. The smallest absolute Gasteiger partial charge is 0.343 e. The lowest BCUT2D eigenvalue weighted by Gasteiger charge is -2.05. The van der Waals surface area contributed by atoms with Crippen molar-refractivity contribution < 1.29 is 13.9 Å². The number of rotatable bonds is 5. The van der Waals surface area contributed by atoms with Crippen molar-refractivity contribution >= 4 is 29.5 Å². The van der Waals surface area contributed by atoms with Crippen LogP contribution in [0.3, 0.4) is 0 Å². The number of nitrogens with zero attached hydrogens (tertiary/aromatic N) is 2. The van der Waals surface area contributed by atoms with Gasteiger partial charge in [-0.2, -0.15) is 10.2 Å². The van der Waals surface area contributed by atoms with E-state index in [1.165, 1.54) is 36.7 Å². The maximum atomic E-state index is 12.9. The highest BCUT2D eigenvalue weighted by molar-refractivity contribution is 6.32. The first-order valence-electron chi connectivity index (χ1n) is 7.63. The SMILES string of the molecule is O=C(Oc1ccc(/C=N/Nc2cn[nH]c(=O)c2Cl)cc1)c1ccc(F)cc1. The number of carbonyl (C=O) groups excluding carboxylic acids is 1. The molecular weight excluding hydrogens is 375 g/mol. The van der Waals surface area contributed by atoms with E-state index in [4.69, 9.17) is 16.3 Å². The summed E-state index contributed by atoms with van der Waals surface area (Å²) in [5, 5.41) is 9.72. The van der Waals surface area contributed by atoms with Crippen molar-refractivity contribution in [2.24, 2.45) is 5.10 Å². The van der Waals surface area contributed by atoms with Gasteiger partial charge in [0.25, 0.3) is 5.56 Å². The molecule has 7 nitrogen and oxygen atoms in total. The van der Waals surface area contributed by atoms with E-state index in [-0.39, 0.29) is 16.3 Å². The molecule has 0 unspecified atom stereocenters. The van der Waals surface area contributed by atoms with E-state index >= 15 is 0 Å².